The zero-order valence-electron chi connectivity index (χ0n) is 22.5. The van der Waals surface area contributed by atoms with E-state index in [0.717, 1.165) is 16.9 Å². The standard InChI is InChI=1S/C32H33NO6/c1-4-37-26-14-11-22(19-27(26)38-5-2)29-28(30(34)23-12-13-25-24(18-23)17-20(3)39-25)31(35)32(36)33(29)16-15-21-9-7-6-8-10-21/h6-14,18-20,29,34H,4-5,15-17H2,1-3H3/t20-,29+/m0/s1. The normalized spacial score (nSPS) is 19.6. The molecular formula is C32H33NO6. The third-order valence-electron chi connectivity index (χ3n) is 7.08. The van der Waals surface area contributed by atoms with Gasteiger partial charge in [-0.3, -0.25) is 9.59 Å². The van der Waals surface area contributed by atoms with Crippen LogP contribution in [0.25, 0.3) is 5.76 Å². The lowest BCUT2D eigenvalue weighted by Crippen LogP contribution is -2.31. The second-order valence-electron chi connectivity index (χ2n) is 9.76. The third-order valence-corrected chi connectivity index (χ3v) is 7.08. The van der Waals surface area contributed by atoms with Crippen LogP contribution in [0.2, 0.25) is 0 Å². The van der Waals surface area contributed by atoms with Gasteiger partial charge in [-0.1, -0.05) is 36.4 Å². The number of hydrogen-bond acceptors (Lipinski definition) is 6. The Labute approximate surface area is 228 Å². The number of rotatable bonds is 9. The molecule has 39 heavy (non-hydrogen) atoms. The Kier molecular flexibility index (Phi) is 7.59. The Morgan fingerprint density at radius 1 is 0.974 bits per heavy atom. The minimum absolute atomic E-state index is 0.0433. The van der Waals surface area contributed by atoms with Gasteiger partial charge in [0, 0.05) is 18.5 Å². The van der Waals surface area contributed by atoms with E-state index in [1.165, 1.54) is 0 Å². The summed E-state index contributed by atoms with van der Waals surface area (Å²) in [6.45, 7) is 6.96. The van der Waals surface area contributed by atoms with Crippen molar-refractivity contribution in [2.24, 2.45) is 0 Å². The number of carbonyl (C=O) groups excluding carboxylic acids is 2. The van der Waals surface area contributed by atoms with Crippen molar-refractivity contribution in [3.8, 4) is 17.2 Å². The molecule has 2 aliphatic rings. The van der Waals surface area contributed by atoms with Crippen LogP contribution in [-0.4, -0.2) is 47.6 Å². The summed E-state index contributed by atoms with van der Waals surface area (Å²) in [5.74, 6) is 0.331. The lowest BCUT2D eigenvalue weighted by Gasteiger charge is -2.26. The van der Waals surface area contributed by atoms with Crippen molar-refractivity contribution in [2.75, 3.05) is 19.8 Å². The summed E-state index contributed by atoms with van der Waals surface area (Å²) in [6.07, 6.45) is 1.32. The molecule has 5 rings (SSSR count). The van der Waals surface area contributed by atoms with Gasteiger partial charge in [-0.2, -0.15) is 0 Å². The van der Waals surface area contributed by atoms with Gasteiger partial charge in [0.1, 0.15) is 17.6 Å². The highest BCUT2D eigenvalue weighted by Crippen LogP contribution is 2.43. The van der Waals surface area contributed by atoms with E-state index in [9.17, 15) is 14.7 Å². The van der Waals surface area contributed by atoms with Gasteiger partial charge in [-0.05, 0) is 74.2 Å². The second kappa shape index (κ2) is 11.2. The maximum absolute atomic E-state index is 13.5. The van der Waals surface area contributed by atoms with E-state index in [1.54, 1.807) is 29.2 Å². The van der Waals surface area contributed by atoms with Crippen LogP contribution >= 0.6 is 0 Å². The number of hydrogen-bond donors (Lipinski definition) is 1. The minimum atomic E-state index is -0.785. The molecule has 0 aliphatic carbocycles. The number of aliphatic hydroxyl groups is 1. The quantitative estimate of drug-likeness (QED) is 0.226. The summed E-state index contributed by atoms with van der Waals surface area (Å²) in [5, 5.41) is 11.5. The molecule has 1 amide bonds. The van der Waals surface area contributed by atoms with Gasteiger partial charge in [0.25, 0.3) is 11.7 Å². The van der Waals surface area contributed by atoms with Crippen molar-refractivity contribution in [3.05, 3.63) is 94.6 Å². The Balaban J connectivity index is 1.60. The highest BCUT2D eigenvalue weighted by Gasteiger charge is 2.46. The molecule has 3 aromatic carbocycles. The van der Waals surface area contributed by atoms with Crippen LogP contribution in [0, 0.1) is 0 Å². The summed E-state index contributed by atoms with van der Waals surface area (Å²) in [6, 6.07) is 19.8. The number of aliphatic hydroxyl groups excluding tert-OH is 1. The lowest BCUT2D eigenvalue weighted by atomic mass is 9.94. The van der Waals surface area contributed by atoms with Crippen molar-refractivity contribution < 1.29 is 28.9 Å². The van der Waals surface area contributed by atoms with Crippen LogP contribution in [0.15, 0.2) is 72.3 Å². The minimum Gasteiger partial charge on any atom is -0.507 e. The average Bonchev–Trinajstić information content (AvgIpc) is 3.44. The monoisotopic (exact) mass is 527 g/mol. The number of benzene rings is 3. The molecule has 1 fully saturated rings. The molecule has 202 valence electrons. The molecule has 0 bridgehead atoms. The highest BCUT2D eigenvalue weighted by molar-refractivity contribution is 6.46. The van der Waals surface area contributed by atoms with Crippen molar-refractivity contribution in [2.45, 2.75) is 45.8 Å². The maximum Gasteiger partial charge on any atom is 0.295 e. The molecule has 0 radical (unpaired) electrons. The Bertz CT molecular complexity index is 1410. The van der Waals surface area contributed by atoms with E-state index in [1.807, 2.05) is 63.2 Å². The largest absolute Gasteiger partial charge is 0.507 e. The van der Waals surface area contributed by atoms with Crippen LogP contribution in [-0.2, 0) is 22.4 Å². The first-order chi connectivity index (χ1) is 18.9. The second-order valence-corrected chi connectivity index (χ2v) is 9.76. The van der Waals surface area contributed by atoms with Crippen molar-refractivity contribution in [3.63, 3.8) is 0 Å². The summed E-state index contributed by atoms with van der Waals surface area (Å²) >= 11 is 0. The highest BCUT2D eigenvalue weighted by atomic mass is 16.5. The molecule has 7 nitrogen and oxygen atoms in total. The van der Waals surface area contributed by atoms with E-state index in [2.05, 4.69) is 0 Å². The summed E-state index contributed by atoms with van der Waals surface area (Å²) < 4.78 is 17.4. The zero-order chi connectivity index (χ0) is 27.5. The Morgan fingerprint density at radius 2 is 1.72 bits per heavy atom. The smallest absolute Gasteiger partial charge is 0.295 e. The van der Waals surface area contributed by atoms with E-state index in [0.29, 0.717) is 55.2 Å². The summed E-state index contributed by atoms with van der Waals surface area (Å²) in [7, 11) is 0. The first-order valence-electron chi connectivity index (χ1n) is 13.4. The molecule has 0 spiro atoms. The van der Waals surface area contributed by atoms with E-state index >= 15 is 0 Å². The number of ether oxygens (including phenoxy) is 3. The Hall–Kier alpha value is -4.26. The predicted octanol–water partition coefficient (Wildman–Crippen LogP) is 5.47. The van der Waals surface area contributed by atoms with E-state index in [-0.39, 0.29) is 17.4 Å². The molecular weight excluding hydrogens is 494 g/mol. The van der Waals surface area contributed by atoms with Crippen LogP contribution in [0.5, 0.6) is 17.2 Å². The molecule has 7 heteroatoms. The number of Topliss-reactive ketones (excluding diaryl/α,β-unsaturated/α-hetero) is 1. The first-order valence-corrected chi connectivity index (χ1v) is 13.4. The Morgan fingerprint density at radius 3 is 2.46 bits per heavy atom. The fraction of sp³-hybridized carbons (Fsp3) is 0.312. The lowest BCUT2D eigenvalue weighted by molar-refractivity contribution is -0.139. The molecule has 2 heterocycles. The number of amides is 1. The average molecular weight is 528 g/mol. The van der Waals surface area contributed by atoms with E-state index in [4.69, 9.17) is 14.2 Å². The summed E-state index contributed by atoms with van der Waals surface area (Å²) in [4.78, 5) is 28.5. The fourth-order valence-electron chi connectivity index (χ4n) is 5.31. The van der Waals surface area contributed by atoms with Crippen LogP contribution in [0.3, 0.4) is 0 Å². The van der Waals surface area contributed by atoms with Crippen LogP contribution in [0.1, 0.15) is 49.1 Å². The number of nitrogens with zero attached hydrogens (tertiary/aromatic N) is 1. The molecule has 0 saturated carbocycles. The van der Waals surface area contributed by atoms with Gasteiger partial charge >= 0.3 is 0 Å². The summed E-state index contributed by atoms with van der Waals surface area (Å²) in [5.41, 5.74) is 3.21. The molecule has 1 saturated heterocycles. The molecule has 3 aromatic rings. The van der Waals surface area contributed by atoms with Crippen LogP contribution in [0.4, 0.5) is 0 Å². The number of ketones is 1. The SMILES string of the molecule is CCOc1ccc([C@@H]2C(=C(O)c3ccc4c(c3)C[C@H](C)O4)C(=O)C(=O)N2CCc2ccccc2)cc1OCC. The first kappa shape index (κ1) is 26.4. The fourth-order valence-corrected chi connectivity index (χ4v) is 5.31. The van der Waals surface area contributed by atoms with Gasteiger partial charge in [-0.15, -0.1) is 0 Å². The van der Waals surface area contributed by atoms with Gasteiger partial charge in [-0.25, -0.2) is 0 Å². The van der Waals surface area contributed by atoms with E-state index < -0.39 is 17.7 Å². The van der Waals surface area contributed by atoms with Crippen molar-refractivity contribution in [1.29, 1.82) is 0 Å². The molecule has 2 aliphatic heterocycles. The molecule has 0 aromatic heterocycles. The topological polar surface area (TPSA) is 85.3 Å². The molecule has 1 N–H and O–H groups in total. The predicted molar refractivity (Wildman–Crippen MR) is 148 cm³/mol. The van der Waals surface area contributed by atoms with Crippen molar-refractivity contribution >= 4 is 17.4 Å². The molecule has 0 unspecified atom stereocenters. The maximum atomic E-state index is 13.5. The van der Waals surface area contributed by atoms with Gasteiger partial charge in [0.15, 0.2) is 11.5 Å². The van der Waals surface area contributed by atoms with Gasteiger partial charge < -0.3 is 24.2 Å². The zero-order valence-corrected chi connectivity index (χ0v) is 22.5. The van der Waals surface area contributed by atoms with Gasteiger partial charge in [0.2, 0.25) is 0 Å². The number of likely N-dealkylation sites (tertiary alicyclic amines) is 1. The number of carbonyl (C=O) groups is 2. The van der Waals surface area contributed by atoms with Crippen LogP contribution < -0.4 is 14.2 Å². The van der Waals surface area contributed by atoms with Crippen molar-refractivity contribution in [1.82, 2.24) is 4.90 Å². The van der Waals surface area contributed by atoms with Gasteiger partial charge in [0.05, 0.1) is 24.8 Å². The third kappa shape index (κ3) is 5.21. The number of fused-ring (bicyclic) bond motifs is 1. The molecule has 2 atom stereocenters.